The minimum absolute atomic E-state index is 0.175. The average molecular weight is 370 g/mol. The van der Waals surface area contributed by atoms with Gasteiger partial charge in [0.15, 0.2) is 11.5 Å². The van der Waals surface area contributed by atoms with E-state index >= 15 is 0 Å². The highest BCUT2D eigenvalue weighted by Gasteiger charge is 2.25. The molecule has 6 nitrogen and oxygen atoms in total. The van der Waals surface area contributed by atoms with Crippen molar-refractivity contribution in [1.29, 1.82) is 0 Å². The Morgan fingerprint density at radius 3 is 2.11 bits per heavy atom. The molecule has 2 aromatic rings. The highest BCUT2D eigenvalue weighted by Crippen LogP contribution is 2.31. The summed E-state index contributed by atoms with van der Waals surface area (Å²) in [6.07, 6.45) is 0. The molecule has 2 amide bonds. The molecule has 0 aliphatic heterocycles. The maximum atomic E-state index is 12.3. The van der Waals surface area contributed by atoms with Crippen LogP contribution >= 0.6 is 0 Å². The number of amides is 2. The summed E-state index contributed by atoms with van der Waals surface area (Å²) in [5.41, 5.74) is 0.0655. The first-order valence-electron chi connectivity index (χ1n) is 8.73. The normalized spacial score (nSPS) is 12.0. The zero-order valence-corrected chi connectivity index (χ0v) is 16.3. The second-order valence-corrected chi connectivity index (χ2v) is 7.21. The molecule has 0 aromatic heterocycles. The van der Waals surface area contributed by atoms with Gasteiger partial charge in [-0.15, -0.1) is 0 Å². The van der Waals surface area contributed by atoms with E-state index in [1.807, 2.05) is 24.3 Å². The van der Waals surface area contributed by atoms with Crippen molar-refractivity contribution in [2.75, 3.05) is 12.4 Å². The lowest BCUT2D eigenvalue weighted by Crippen LogP contribution is -2.46. The monoisotopic (exact) mass is 370 g/mol. The summed E-state index contributed by atoms with van der Waals surface area (Å²) in [5, 5.41) is 5.49. The SMILES string of the molecule is COc1ccccc1Oc1ccc(NC(=O)C(C)NC(=O)C(C)(C)C)cc1. The van der Waals surface area contributed by atoms with E-state index in [4.69, 9.17) is 9.47 Å². The molecule has 0 spiro atoms. The summed E-state index contributed by atoms with van der Waals surface area (Å²) >= 11 is 0. The van der Waals surface area contributed by atoms with E-state index in [0.717, 1.165) is 0 Å². The van der Waals surface area contributed by atoms with Crippen molar-refractivity contribution >= 4 is 17.5 Å². The van der Waals surface area contributed by atoms with Gasteiger partial charge in [0.1, 0.15) is 11.8 Å². The van der Waals surface area contributed by atoms with Crippen molar-refractivity contribution < 1.29 is 19.1 Å². The van der Waals surface area contributed by atoms with Gasteiger partial charge in [-0.2, -0.15) is 0 Å². The number of hydrogen-bond donors (Lipinski definition) is 2. The standard InChI is InChI=1S/C21H26N2O4/c1-14(22-20(25)21(2,3)4)19(24)23-15-10-12-16(13-11-15)27-18-9-7-6-8-17(18)26-5/h6-14H,1-5H3,(H,22,25)(H,23,24). The third-order valence-electron chi connectivity index (χ3n) is 3.84. The molecule has 2 aromatic carbocycles. The van der Waals surface area contributed by atoms with E-state index in [0.29, 0.717) is 22.9 Å². The highest BCUT2D eigenvalue weighted by molar-refractivity contribution is 5.97. The number of ether oxygens (including phenoxy) is 2. The molecular formula is C21H26N2O4. The molecule has 27 heavy (non-hydrogen) atoms. The van der Waals surface area contributed by atoms with Crippen molar-refractivity contribution in [1.82, 2.24) is 5.32 Å². The minimum Gasteiger partial charge on any atom is -0.493 e. The van der Waals surface area contributed by atoms with Gasteiger partial charge < -0.3 is 20.1 Å². The van der Waals surface area contributed by atoms with Crippen LogP contribution in [0.15, 0.2) is 48.5 Å². The van der Waals surface area contributed by atoms with Gasteiger partial charge in [0.25, 0.3) is 0 Å². The third-order valence-corrected chi connectivity index (χ3v) is 3.84. The second kappa shape index (κ2) is 8.58. The molecule has 2 N–H and O–H groups in total. The van der Waals surface area contributed by atoms with Crippen LogP contribution in [0, 0.1) is 5.41 Å². The zero-order valence-electron chi connectivity index (χ0n) is 16.3. The maximum Gasteiger partial charge on any atom is 0.246 e. The van der Waals surface area contributed by atoms with Crippen molar-refractivity contribution in [2.24, 2.45) is 5.41 Å². The fourth-order valence-electron chi connectivity index (χ4n) is 2.17. The Morgan fingerprint density at radius 2 is 1.56 bits per heavy atom. The summed E-state index contributed by atoms with van der Waals surface area (Å²) in [6, 6.07) is 13.7. The fourth-order valence-corrected chi connectivity index (χ4v) is 2.17. The van der Waals surface area contributed by atoms with Gasteiger partial charge in [-0.05, 0) is 43.3 Å². The molecule has 0 bridgehead atoms. The summed E-state index contributed by atoms with van der Waals surface area (Å²) in [7, 11) is 1.58. The number of carbonyl (C=O) groups is 2. The van der Waals surface area contributed by atoms with Crippen LogP contribution in [0.4, 0.5) is 5.69 Å². The summed E-state index contributed by atoms with van der Waals surface area (Å²) in [5.74, 6) is 1.40. The smallest absolute Gasteiger partial charge is 0.246 e. The number of hydrogen-bond acceptors (Lipinski definition) is 4. The Labute approximate surface area is 159 Å². The molecule has 0 radical (unpaired) electrons. The van der Waals surface area contributed by atoms with Gasteiger partial charge in [-0.3, -0.25) is 9.59 Å². The molecule has 0 aliphatic rings. The Bertz CT molecular complexity index is 795. The van der Waals surface area contributed by atoms with Gasteiger partial charge in [-0.1, -0.05) is 32.9 Å². The molecule has 2 rings (SSSR count). The summed E-state index contributed by atoms with van der Waals surface area (Å²) in [4.78, 5) is 24.2. The highest BCUT2D eigenvalue weighted by atomic mass is 16.5. The Balaban J connectivity index is 1.97. The molecule has 0 fully saturated rings. The summed E-state index contributed by atoms with van der Waals surface area (Å²) in [6.45, 7) is 7.05. The van der Waals surface area contributed by atoms with Crippen LogP contribution in [0.1, 0.15) is 27.7 Å². The van der Waals surface area contributed by atoms with Crippen molar-refractivity contribution in [3.63, 3.8) is 0 Å². The lowest BCUT2D eigenvalue weighted by Gasteiger charge is -2.21. The van der Waals surface area contributed by atoms with Crippen LogP contribution in [0.5, 0.6) is 17.2 Å². The number of benzene rings is 2. The number of rotatable bonds is 6. The number of methoxy groups -OCH3 is 1. The number of nitrogens with one attached hydrogen (secondary N) is 2. The summed E-state index contributed by atoms with van der Waals surface area (Å²) < 4.78 is 11.1. The Morgan fingerprint density at radius 1 is 0.963 bits per heavy atom. The van der Waals surface area contributed by atoms with Crippen LogP contribution in [0.2, 0.25) is 0 Å². The van der Waals surface area contributed by atoms with Crippen molar-refractivity contribution in [3.8, 4) is 17.2 Å². The molecule has 0 saturated carbocycles. The molecule has 0 saturated heterocycles. The predicted molar refractivity (Wildman–Crippen MR) is 105 cm³/mol. The molecule has 0 aliphatic carbocycles. The topological polar surface area (TPSA) is 76.7 Å². The number of carbonyl (C=O) groups excluding carboxylic acids is 2. The minimum atomic E-state index is -0.638. The first-order valence-corrected chi connectivity index (χ1v) is 8.73. The van der Waals surface area contributed by atoms with Gasteiger partial charge in [0.2, 0.25) is 11.8 Å². The molecule has 1 unspecified atom stereocenters. The Hall–Kier alpha value is -3.02. The average Bonchev–Trinajstić information content (AvgIpc) is 2.62. The van der Waals surface area contributed by atoms with Gasteiger partial charge in [-0.25, -0.2) is 0 Å². The quantitative estimate of drug-likeness (QED) is 0.806. The predicted octanol–water partition coefficient (Wildman–Crippen LogP) is 3.98. The molecule has 0 heterocycles. The van der Waals surface area contributed by atoms with Crippen LogP contribution in [-0.4, -0.2) is 25.0 Å². The van der Waals surface area contributed by atoms with E-state index in [1.54, 1.807) is 59.1 Å². The van der Waals surface area contributed by atoms with Gasteiger partial charge in [0.05, 0.1) is 7.11 Å². The fraction of sp³-hybridized carbons (Fsp3) is 0.333. The molecule has 6 heteroatoms. The van der Waals surface area contributed by atoms with E-state index in [-0.39, 0.29) is 11.8 Å². The number of anilines is 1. The van der Waals surface area contributed by atoms with E-state index in [1.165, 1.54) is 0 Å². The van der Waals surface area contributed by atoms with Gasteiger partial charge >= 0.3 is 0 Å². The van der Waals surface area contributed by atoms with Crippen molar-refractivity contribution in [2.45, 2.75) is 33.7 Å². The lowest BCUT2D eigenvalue weighted by molar-refractivity contribution is -0.131. The molecule has 144 valence electrons. The van der Waals surface area contributed by atoms with Crippen LogP contribution in [0.3, 0.4) is 0 Å². The number of para-hydroxylation sites is 2. The van der Waals surface area contributed by atoms with Crippen LogP contribution in [0.25, 0.3) is 0 Å². The van der Waals surface area contributed by atoms with Gasteiger partial charge in [0, 0.05) is 11.1 Å². The molecule has 1 atom stereocenters. The lowest BCUT2D eigenvalue weighted by atomic mass is 9.95. The maximum absolute atomic E-state index is 12.3. The van der Waals surface area contributed by atoms with E-state index < -0.39 is 11.5 Å². The first-order chi connectivity index (χ1) is 12.7. The third kappa shape index (κ3) is 5.74. The first kappa shape index (κ1) is 20.3. The van der Waals surface area contributed by atoms with E-state index in [2.05, 4.69) is 10.6 Å². The largest absolute Gasteiger partial charge is 0.493 e. The van der Waals surface area contributed by atoms with Crippen LogP contribution < -0.4 is 20.1 Å². The zero-order chi connectivity index (χ0) is 20.0. The van der Waals surface area contributed by atoms with E-state index in [9.17, 15) is 9.59 Å². The second-order valence-electron chi connectivity index (χ2n) is 7.21. The Kier molecular flexibility index (Phi) is 6.45. The molecular weight excluding hydrogens is 344 g/mol. The van der Waals surface area contributed by atoms with Crippen LogP contribution in [-0.2, 0) is 9.59 Å². The van der Waals surface area contributed by atoms with Crippen molar-refractivity contribution in [3.05, 3.63) is 48.5 Å².